The van der Waals surface area contributed by atoms with Crippen molar-refractivity contribution in [3.8, 4) is 5.75 Å². The molecule has 0 amide bonds. The Kier molecular flexibility index (Phi) is 3.78. The molecule has 1 N–H and O–H groups in total. The van der Waals surface area contributed by atoms with E-state index in [4.69, 9.17) is 4.74 Å². The number of H-pyrrole nitrogens is 1. The fraction of sp³-hybridized carbons (Fsp3) is 0.611. The molecule has 2 aliphatic rings. The zero-order valence-electron chi connectivity index (χ0n) is 13.3. The highest BCUT2D eigenvalue weighted by Crippen LogP contribution is 2.31. The molecular formula is C18H25N3O. The zero-order valence-corrected chi connectivity index (χ0v) is 13.3. The van der Waals surface area contributed by atoms with Crippen LogP contribution in [0, 0.1) is 6.92 Å². The van der Waals surface area contributed by atoms with Gasteiger partial charge in [0.05, 0.1) is 17.8 Å². The number of nitrogens with zero attached hydrogens (tertiary/aromatic N) is 2. The van der Waals surface area contributed by atoms with Crippen molar-refractivity contribution in [3.05, 3.63) is 23.9 Å². The van der Waals surface area contributed by atoms with Gasteiger partial charge in [-0.05, 0) is 70.7 Å². The van der Waals surface area contributed by atoms with Crippen molar-refractivity contribution in [1.82, 2.24) is 15.1 Å². The van der Waals surface area contributed by atoms with Crippen LogP contribution in [0.3, 0.4) is 0 Å². The van der Waals surface area contributed by atoms with Crippen LogP contribution in [-0.2, 0) is 0 Å². The topological polar surface area (TPSA) is 41.1 Å². The first-order valence-electron chi connectivity index (χ1n) is 8.64. The largest absolute Gasteiger partial charge is 0.490 e. The first-order chi connectivity index (χ1) is 10.8. The Labute approximate surface area is 131 Å². The van der Waals surface area contributed by atoms with Gasteiger partial charge in [-0.3, -0.25) is 5.10 Å². The van der Waals surface area contributed by atoms with Crippen LogP contribution in [0.5, 0.6) is 5.75 Å². The number of likely N-dealkylation sites (tertiary alicyclic amines) is 1. The number of ether oxygens (including phenoxy) is 1. The summed E-state index contributed by atoms with van der Waals surface area (Å²) in [6.45, 7) is 4.75. The molecule has 0 bridgehead atoms. The summed E-state index contributed by atoms with van der Waals surface area (Å²) in [5, 5.41) is 8.30. The summed E-state index contributed by atoms with van der Waals surface area (Å²) < 4.78 is 6.31. The quantitative estimate of drug-likeness (QED) is 0.940. The molecule has 0 atom stereocenters. The molecule has 1 aromatic heterocycles. The first-order valence-corrected chi connectivity index (χ1v) is 8.64. The fourth-order valence-corrected chi connectivity index (χ4v) is 4.08. The molecule has 1 aliphatic carbocycles. The minimum absolute atomic E-state index is 0.377. The molecule has 4 nitrogen and oxygen atoms in total. The second-order valence-electron chi connectivity index (χ2n) is 6.81. The summed E-state index contributed by atoms with van der Waals surface area (Å²) in [5.41, 5.74) is 2.29. The standard InChI is InChI=1S/C18H25N3O/c1-13-16-12-19-20-17(16)8-9-18(13)22-15-6-4-14(5-7-15)21-10-2-3-11-21/h8-9,12,14-15H,2-7,10-11H2,1H3,(H,19,20)/t14-,15-. The van der Waals surface area contributed by atoms with Crippen molar-refractivity contribution in [2.24, 2.45) is 0 Å². The minimum Gasteiger partial charge on any atom is -0.490 e. The van der Waals surface area contributed by atoms with E-state index < -0.39 is 0 Å². The van der Waals surface area contributed by atoms with Crippen LogP contribution in [-0.4, -0.2) is 40.3 Å². The maximum atomic E-state index is 6.31. The van der Waals surface area contributed by atoms with Crippen molar-refractivity contribution in [3.63, 3.8) is 0 Å². The van der Waals surface area contributed by atoms with Gasteiger partial charge in [0.25, 0.3) is 0 Å². The Balaban J connectivity index is 1.40. The van der Waals surface area contributed by atoms with E-state index >= 15 is 0 Å². The van der Waals surface area contributed by atoms with Gasteiger partial charge in [-0.2, -0.15) is 5.10 Å². The van der Waals surface area contributed by atoms with Gasteiger partial charge in [-0.1, -0.05) is 0 Å². The Morgan fingerprint density at radius 1 is 1.14 bits per heavy atom. The van der Waals surface area contributed by atoms with Gasteiger partial charge >= 0.3 is 0 Å². The molecule has 1 saturated heterocycles. The van der Waals surface area contributed by atoms with E-state index in [-0.39, 0.29) is 0 Å². The number of rotatable bonds is 3. The molecule has 0 unspecified atom stereocenters. The number of benzene rings is 1. The lowest BCUT2D eigenvalue weighted by molar-refractivity contribution is 0.0997. The van der Waals surface area contributed by atoms with Gasteiger partial charge < -0.3 is 9.64 Å². The Bertz CT molecular complexity index is 637. The summed E-state index contributed by atoms with van der Waals surface area (Å²) >= 11 is 0. The molecule has 1 aromatic carbocycles. The van der Waals surface area contributed by atoms with Gasteiger partial charge in [0, 0.05) is 17.0 Å². The summed E-state index contributed by atoms with van der Waals surface area (Å²) in [7, 11) is 0. The lowest BCUT2D eigenvalue weighted by atomic mass is 9.92. The third-order valence-corrected chi connectivity index (χ3v) is 5.44. The van der Waals surface area contributed by atoms with E-state index in [1.807, 2.05) is 6.20 Å². The molecule has 2 fully saturated rings. The van der Waals surface area contributed by atoms with Crippen molar-refractivity contribution in [1.29, 1.82) is 0 Å². The molecule has 1 saturated carbocycles. The highest BCUT2D eigenvalue weighted by Gasteiger charge is 2.28. The number of hydrogen-bond acceptors (Lipinski definition) is 3. The van der Waals surface area contributed by atoms with E-state index in [0.29, 0.717) is 6.10 Å². The normalized spacial score (nSPS) is 26.6. The maximum Gasteiger partial charge on any atom is 0.123 e. The molecule has 2 aromatic rings. The zero-order chi connectivity index (χ0) is 14.9. The van der Waals surface area contributed by atoms with Gasteiger partial charge in [0.1, 0.15) is 5.75 Å². The van der Waals surface area contributed by atoms with Crippen LogP contribution in [0.2, 0.25) is 0 Å². The smallest absolute Gasteiger partial charge is 0.123 e. The SMILES string of the molecule is Cc1c(O[C@H]2CC[C@H](N3CCCC3)CC2)ccc2[nH]ncc12. The van der Waals surface area contributed by atoms with Gasteiger partial charge in [0.15, 0.2) is 0 Å². The van der Waals surface area contributed by atoms with Gasteiger partial charge in [0.2, 0.25) is 0 Å². The number of aromatic nitrogens is 2. The van der Waals surface area contributed by atoms with Crippen molar-refractivity contribution in [2.45, 2.75) is 57.6 Å². The third kappa shape index (κ3) is 2.60. The van der Waals surface area contributed by atoms with Crippen molar-refractivity contribution >= 4 is 10.9 Å². The molecule has 2 heterocycles. The van der Waals surface area contributed by atoms with Crippen LogP contribution in [0.25, 0.3) is 10.9 Å². The fourth-order valence-electron chi connectivity index (χ4n) is 4.08. The number of fused-ring (bicyclic) bond motifs is 1. The van der Waals surface area contributed by atoms with Crippen molar-refractivity contribution < 1.29 is 4.74 Å². The first kappa shape index (κ1) is 14.1. The number of aromatic amines is 1. The summed E-state index contributed by atoms with van der Waals surface area (Å²) in [6, 6.07) is 4.96. The molecule has 22 heavy (non-hydrogen) atoms. The van der Waals surface area contributed by atoms with E-state index in [0.717, 1.165) is 17.3 Å². The Morgan fingerprint density at radius 2 is 1.91 bits per heavy atom. The molecule has 0 spiro atoms. The van der Waals surface area contributed by atoms with Crippen LogP contribution in [0.4, 0.5) is 0 Å². The molecule has 1 aliphatic heterocycles. The van der Waals surface area contributed by atoms with E-state index in [1.54, 1.807) is 0 Å². The van der Waals surface area contributed by atoms with E-state index in [9.17, 15) is 0 Å². The molecule has 118 valence electrons. The van der Waals surface area contributed by atoms with E-state index in [1.165, 1.54) is 62.6 Å². The lowest BCUT2D eigenvalue weighted by Crippen LogP contribution is -2.38. The average Bonchev–Trinajstić information content (AvgIpc) is 3.22. The average molecular weight is 299 g/mol. The predicted molar refractivity (Wildman–Crippen MR) is 88.3 cm³/mol. The summed E-state index contributed by atoms with van der Waals surface area (Å²) in [6.07, 6.45) is 9.99. The highest BCUT2D eigenvalue weighted by atomic mass is 16.5. The summed E-state index contributed by atoms with van der Waals surface area (Å²) in [4.78, 5) is 2.69. The van der Waals surface area contributed by atoms with Crippen molar-refractivity contribution in [2.75, 3.05) is 13.1 Å². The number of nitrogens with one attached hydrogen (secondary N) is 1. The molecule has 0 radical (unpaired) electrons. The van der Waals surface area contributed by atoms with Crippen LogP contribution >= 0.6 is 0 Å². The molecular weight excluding hydrogens is 274 g/mol. The maximum absolute atomic E-state index is 6.31. The molecule has 4 rings (SSSR count). The predicted octanol–water partition coefficient (Wildman–Crippen LogP) is 3.66. The molecule has 4 heteroatoms. The van der Waals surface area contributed by atoms with Crippen LogP contribution in [0.15, 0.2) is 18.3 Å². The van der Waals surface area contributed by atoms with Gasteiger partial charge in [-0.25, -0.2) is 0 Å². The van der Waals surface area contributed by atoms with Crippen LogP contribution < -0.4 is 4.74 Å². The monoisotopic (exact) mass is 299 g/mol. The van der Waals surface area contributed by atoms with Gasteiger partial charge in [-0.15, -0.1) is 0 Å². The highest BCUT2D eigenvalue weighted by molar-refractivity contribution is 5.83. The Morgan fingerprint density at radius 3 is 2.68 bits per heavy atom. The minimum atomic E-state index is 0.377. The number of hydrogen-bond donors (Lipinski definition) is 1. The third-order valence-electron chi connectivity index (χ3n) is 5.44. The van der Waals surface area contributed by atoms with Crippen LogP contribution in [0.1, 0.15) is 44.1 Å². The second kappa shape index (κ2) is 5.92. The second-order valence-corrected chi connectivity index (χ2v) is 6.81. The summed E-state index contributed by atoms with van der Waals surface area (Å²) in [5.74, 6) is 1.03. The number of aryl methyl sites for hydroxylation is 1. The Hall–Kier alpha value is -1.55. The van der Waals surface area contributed by atoms with E-state index in [2.05, 4.69) is 34.2 Å². The lowest BCUT2D eigenvalue weighted by Gasteiger charge is -2.34.